The zero-order chi connectivity index (χ0) is 9.26. The summed E-state index contributed by atoms with van der Waals surface area (Å²) in [5.74, 6) is 0. The van der Waals surface area contributed by atoms with Crippen molar-refractivity contribution in [1.82, 2.24) is 0 Å². The van der Waals surface area contributed by atoms with Crippen LogP contribution in [0.25, 0.3) is 0 Å². The summed E-state index contributed by atoms with van der Waals surface area (Å²) in [4.78, 5) is 12.9. The maximum absolute atomic E-state index is 11.2. The van der Waals surface area contributed by atoms with Crippen molar-refractivity contribution >= 4 is 26.4 Å². The Morgan fingerprint density at radius 3 is 2.92 bits per heavy atom. The van der Waals surface area contributed by atoms with Crippen LogP contribution in [-0.2, 0) is 6.42 Å². The van der Waals surface area contributed by atoms with E-state index in [-0.39, 0.29) is 4.82 Å². The topological polar surface area (TPSA) is 20.3 Å². The molecule has 0 aliphatic carbocycles. The SMILES string of the molecule is O=C(Br)N1CCCc2ccccc21. The molecule has 1 aromatic rings. The lowest BCUT2D eigenvalue weighted by Gasteiger charge is -2.27. The largest absolute Gasteiger partial charge is 0.303 e. The Morgan fingerprint density at radius 2 is 2.15 bits per heavy atom. The van der Waals surface area contributed by atoms with Crippen molar-refractivity contribution in [3.8, 4) is 0 Å². The van der Waals surface area contributed by atoms with Crippen LogP contribution in [0, 0.1) is 0 Å². The van der Waals surface area contributed by atoms with Crippen LogP contribution in [-0.4, -0.2) is 11.4 Å². The van der Waals surface area contributed by atoms with Gasteiger partial charge in [-0.25, -0.2) is 0 Å². The minimum Gasteiger partial charge on any atom is -0.303 e. The van der Waals surface area contributed by atoms with Gasteiger partial charge >= 0.3 is 0 Å². The zero-order valence-electron chi connectivity index (χ0n) is 7.16. The molecule has 0 aromatic heterocycles. The van der Waals surface area contributed by atoms with E-state index in [4.69, 9.17) is 0 Å². The number of nitrogens with zero attached hydrogens (tertiary/aromatic N) is 1. The molecule has 0 saturated carbocycles. The highest BCUT2D eigenvalue weighted by molar-refractivity contribution is 9.18. The van der Waals surface area contributed by atoms with Gasteiger partial charge in [0, 0.05) is 28.2 Å². The standard InChI is InChI=1S/C10H10BrNO/c11-10(13)12-7-3-5-8-4-1-2-6-9(8)12/h1-2,4,6H,3,5,7H2. The van der Waals surface area contributed by atoms with Crippen molar-refractivity contribution in [3.05, 3.63) is 29.8 Å². The molecular weight excluding hydrogens is 230 g/mol. The molecule has 1 heterocycles. The Labute approximate surface area is 85.7 Å². The maximum Gasteiger partial charge on any atom is 0.294 e. The molecule has 0 N–H and O–H groups in total. The Morgan fingerprint density at radius 1 is 1.38 bits per heavy atom. The number of amides is 1. The molecule has 0 unspecified atom stereocenters. The van der Waals surface area contributed by atoms with Gasteiger partial charge in [-0.2, -0.15) is 0 Å². The summed E-state index contributed by atoms with van der Waals surface area (Å²) in [6, 6.07) is 8.05. The first-order chi connectivity index (χ1) is 6.29. The molecule has 1 aromatic carbocycles. The van der Waals surface area contributed by atoms with Gasteiger partial charge in [0.1, 0.15) is 0 Å². The number of aryl methyl sites for hydroxylation is 1. The van der Waals surface area contributed by atoms with Gasteiger partial charge in [-0.05, 0) is 24.5 Å². The third-order valence-electron chi connectivity index (χ3n) is 2.32. The van der Waals surface area contributed by atoms with E-state index in [0.717, 1.165) is 25.1 Å². The van der Waals surface area contributed by atoms with Crippen LogP contribution in [0.3, 0.4) is 0 Å². The molecule has 1 aliphatic heterocycles. The molecule has 2 rings (SSSR count). The second-order valence-electron chi connectivity index (χ2n) is 3.14. The normalized spacial score (nSPS) is 15.3. The highest BCUT2D eigenvalue weighted by atomic mass is 79.9. The fourth-order valence-corrected chi connectivity index (χ4v) is 2.08. The van der Waals surface area contributed by atoms with Crippen LogP contribution in [0.2, 0.25) is 0 Å². The van der Waals surface area contributed by atoms with Crippen molar-refractivity contribution in [2.45, 2.75) is 12.8 Å². The minimum absolute atomic E-state index is 0.0420. The van der Waals surface area contributed by atoms with E-state index in [1.54, 1.807) is 4.90 Å². The summed E-state index contributed by atoms with van der Waals surface area (Å²) in [5.41, 5.74) is 2.32. The van der Waals surface area contributed by atoms with Gasteiger partial charge in [-0.1, -0.05) is 18.2 Å². The minimum atomic E-state index is -0.0420. The second-order valence-corrected chi connectivity index (χ2v) is 3.82. The smallest absolute Gasteiger partial charge is 0.294 e. The molecule has 0 saturated heterocycles. The van der Waals surface area contributed by atoms with E-state index in [1.807, 2.05) is 18.2 Å². The third-order valence-corrected chi connectivity index (χ3v) is 2.75. The van der Waals surface area contributed by atoms with Crippen molar-refractivity contribution in [2.75, 3.05) is 11.4 Å². The van der Waals surface area contributed by atoms with E-state index < -0.39 is 0 Å². The first-order valence-corrected chi connectivity index (χ1v) is 5.13. The number of carbonyl (C=O) groups is 1. The van der Waals surface area contributed by atoms with E-state index in [9.17, 15) is 4.79 Å². The predicted octanol–water partition coefficient (Wildman–Crippen LogP) is 2.95. The quantitative estimate of drug-likeness (QED) is 0.504. The third kappa shape index (κ3) is 1.61. The van der Waals surface area contributed by atoms with Crippen LogP contribution < -0.4 is 4.90 Å². The van der Waals surface area contributed by atoms with E-state index in [1.165, 1.54) is 5.56 Å². The molecule has 0 radical (unpaired) electrons. The van der Waals surface area contributed by atoms with Gasteiger partial charge in [-0.15, -0.1) is 0 Å². The molecule has 13 heavy (non-hydrogen) atoms. The number of benzene rings is 1. The fraction of sp³-hybridized carbons (Fsp3) is 0.300. The average molecular weight is 240 g/mol. The number of halogens is 1. The summed E-state index contributed by atoms with van der Waals surface area (Å²) in [6.07, 6.45) is 2.13. The Bertz CT molecular complexity index is 337. The lowest BCUT2D eigenvalue weighted by Crippen LogP contribution is -2.30. The maximum atomic E-state index is 11.2. The highest BCUT2D eigenvalue weighted by Gasteiger charge is 2.19. The van der Waals surface area contributed by atoms with Gasteiger partial charge in [0.2, 0.25) is 0 Å². The fourth-order valence-electron chi connectivity index (χ4n) is 1.72. The van der Waals surface area contributed by atoms with Crippen molar-refractivity contribution in [1.29, 1.82) is 0 Å². The van der Waals surface area contributed by atoms with Gasteiger partial charge in [0.25, 0.3) is 4.82 Å². The van der Waals surface area contributed by atoms with Crippen LogP contribution in [0.5, 0.6) is 0 Å². The first-order valence-electron chi connectivity index (χ1n) is 4.34. The summed E-state index contributed by atoms with van der Waals surface area (Å²) in [6.45, 7) is 0.821. The van der Waals surface area contributed by atoms with Crippen molar-refractivity contribution in [3.63, 3.8) is 0 Å². The number of para-hydroxylation sites is 1. The van der Waals surface area contributed by atoms with Gasteiger partial charge in [0.05, 0.1) is 0 Å². The summed E-state index contributed by atoms with van der Waals surface area (Å²) >= 11 is 2.99. The zero-order valence-corrected chi connectivity index (χ0v) is 8.75. The number of carbonyl (C=O) groups excluding carboxylic acids is 1. The van der Waals surface area contributed by atoms with Gasteiger partial charge in [0.15, 0.2) is 0 Å². The molecule has 0 fully saturated rings. The lowest BCUT2D eigenvalue weighted by molar-refractivity contribution is 0.265. The van der Waals surface area contributed by atoms with Crippen LogP contribution >= 0.6 is 15.9 Å². The Kier molecular flexibility index (Phi) is 2.36. The molecule has 0 atom stereocenters. The second kappa shape index (κ2) is 3.50. The van der Waals surface area contributed by atoms with E-state index in [2.05, 4.69) is 22.0 Å². The lowest BCUT2D eigenvalue weighted by atomic mass is 10.0. The average Bonchev–Trinajstić information content (AvgIpc) is 2.17. The number of hydrogen-bond donors (Lipinski definition) is 0. The summed E-state index contributed by atoms with van der Waals surface area (Å²) < 4.78 is 0. The first kappa shape index (κ1) is 8.75. The van der Waals surface area contributed by atoms with Crippen molar-refractivity contribution in [2.24, 2.45) is 0 Å². The van der Waals surface area contributed by atoms with Crippen LogP contribution in [0.4, 0.5) is 10.5 Å². The van der Waals surface area contributed by atoms with Gasteiger partial charge in [-0.3, -0.25) is 4.79 Å². The number of fused-ring (bicyclic) bond motifs is 1. The molecule has 1 amide bonds. The summed E-state index contributed by atoms with van der Waals surface area (Å²) in [5, 5.41) is 0. The molecular formula is C10H10BrNO. The summed E-state index contributed by atoms with van der Waals surface area (Å²) in [7, 11) is 0. The van der Waals surface area contributed by atoms with E-state index >= 15 is 0 Å². The molecule has 68 valence electrons. The number of rotatable bonds is 0. The van der Waals surface area contributed by atoms with Crippen LogP contribution in [0.15, 0.2) is 24.3 Å². The van der Waals surface area contributed by atoms with E-state index in [0.29, 0.717) is 0 Å². The molecule has 0 spiro atoms. The monoisotopic (exact) mass is 239 g/mol. The predicted molar refractivity (Wildman–Crippen MR) is 56.4 cm³/mol. The highest BCUT2D eigenvalue weighted by Crippen LogP contribution is 2.27. The number of anilines is 1. The molecule has 1 aliphatic rings. The van der Waals surface area contributed by atoms with Crippen molar-refractivity contribution < 1.29 is 4.79 Å². The molecule has 3 heteroatoms. The number of hydrogen-bond acceptors (Lipinski definition) is 1. The Hall–Kier alpha value is -0.830. The Balaban J connectivity index is 2.42. The van der Waals surface area contributed by atoms with Crippen LogP contribution in [0.1, 0.15) is 12.0 Å². The molecule has 2 nitrogen and oxygen atoms in total. The van der Waals surface area contributed by atoms with Gasteiger partial charge < -0.3 is 4.90 Å². The molecule has 0 bridgehead atoms.